The summed E-state index contributed by atoms with van der Waals surface area (Å²) in [5.74, 6) is -0.296. The van der Waals surface area contributed by atoms with E-state index in [1.165, 1.54) is 14.7 Å². The van der Waals surface area contributed by atoms with Gasteiger partial charge < -0.3 is 18.8 Å². The van der Waals surface area contributed by atoms with E-state index in [1.807, 2.05) is 61.7 Å². The van der Waals surface area contributed by atoms with E-state index in [2.05, 4.69) is 36.1 Å². The Kier molecular flexibility index (Phi) is 11.2. The normalized spacial score (nSPS) is 17.8. The van der Waals surface area contributed by atoms with Gasteiger partial charge in [-0.15, -0.1) is 0 Å². The average molecular weight is 901 g/mol. The van der Waals surface area contributed by atoms with Crippen LogP contribution in [0.4, 0.5) is 4.39 Å². The summed E-state index contributed by atoms with van der Waals surface area (Å²) in [6.07, 6.45) is 8.38. The number of fused-ring (bicyclic) bond motifs is 2. The van der Waals surface area contributed by atoms with Crippen molar-refractivity contribution in [2.45, 2.75) is 92.2 Å². The van der Waals surface area contributed by atoms with Crippen molar-refractivity contribution in [3.63, 3.8) is 0 Å². The quantitative estimate of drug-likeness (QED) is 0.134. The highest BCUT2D eigenvalue weighted by Gasteiger charge is 2.37. The van der Waals surface area contributed by atoms with E-state index in [1.54, 1.807) is 61.1 Å². The molecule has 7 aromatic rings. The lowest BCUT2D eigenvalue weighted by Crippen LogP contribution is -2.40. The highest BCUT2D eigenvalue weighted by molar-refractivity contribution is 7.71. The fourth-order valence-corrected chi connectivity index (χ4v) is 11.6. The standard InChI is InChI=1S/C49H54FN8O6P/c1-9-65(62,10-2)38-14-12-36(13-15-38)55-20-21-56(48(55)61)45-42-32(6)54(19-17-39(42)52-58(45)37-23-29(3)43(50)30(4)24-37)46(59)41-26-35-25-33(34-18-22-63-49(7,8)27-34)11-16-40(35)57(41)28-31(5)44-51-47(60)64-53-44/h11-16,20-21,23-26,28,32,34H,9-10,17-19,22,27H2,1-8H3,(H,51,53,60)/b31-28-. The molecule has 9 rings (SSSR count). The predicted octanol–water partition coefficient (Wildman–Crippen LogP) is 8.68. The Balaban J connectivity index is 1.16. The molecular formula is C49H54FN8O6P. The molecule has 1 fully saturated rings. The third-order valence-corrected chi connectivity index (χ3v) is 16.7. The zero-order valence-corrected chi connectivity index (χ0v) is 38.9. The number of halogens is 1. The van der Waals surface area contributed by atoms with Crippen molar-refractivity contribution < 1.29 is 23.0 Å². The summed E-state index contributed by atoms with van der Waals surface area (Å²) in [5, 5.41) is 10.6. The number of hydrogen-bond acceptors (Lipinski definition) is 8. The van der Waals surface area contributed by atoms with E-state index in [0.29, 0.717) is 82.7 Å². The lowest BCUT2D eigenvalue weighted by atomic mass is 9.83. The lowest BCUT2D eigenvalue weighted by Gasteiger charge is -2.35. The first kappa shape index (κ1) is 43.9. The van der Waals surface area contributed by atoms with Crippen LogP contribution < -0.4 is 16.8 Å². The number of hydrogen-bond donors (Lipinski definition) is 1. The van der Waals surface area contributed by atoms with Crippen molar-refractivity contribution in [3.8, 4) is 17.2 Å². The molecule has 2 unspecified atom stereocenters. The molecule has 4 aromatic heterocycles. The van der Waals surface area contributed by atoms with Crippen LogP contribution in [0.3, 0.4) is 0 Å². The Morgan fingerprint density at radius 1 is 0.985 bits per heavy atom. The molecule has 0 aliphatic carbocycles. The molecule has 6 heterocycles. The molecule has 1 N–H and O–H groups in total. The fourth-order valence-electron chi connectivity index (χ4n) is 9.73. The number of H-pyrrole nitrogens is 1. The minimum Gasteiger partial charge on any atom is -0.376 e. The predicted molar refractivity (Wildman–Crippen MR) is 250 cm³/mol. The lowest BCUT2D eigenvalue weighted by molar-refractivity contribution is -0.0592. The van der Waals surface area contributed by atoms with Crippen LogP contribution in [0.1, 0.15) is 111 Å². The molecule has 14 nitrogen and oxygen atoms in total. The average Bonchev–Trinajstić information content (AvgIpc) is 4.09. The maximum Gasteiger partial charge on any atom is 0.439 e. The molecule has 2 aliphatic heterocycles. The molecule has 3 aromatic carbocycles. The number of ether oxygens (including phenoxy) is 1. The minimum absolute atomic E-state index is 0.242. The SMILES string of the molecule is CCP(=O)(CC)c1ccc(-n2ccn(-c3c4c(nn3-c3cc(C)c(F)c(C)c3)CCN(C(=O)c3cc5cc(C6CCOC(C)(C)C6)ccc5n3/C=C(/C)c3noc(=O)[nH]3)C4C)c2=O)cc1. The number of aryl methyl sites for hydroxylation is 2. The molecule has 0 bridgehead atoms. The highest BCUT2D eigenvalue weighted by Crippen LogP contribution is 2.44. The van der Waals surface area contributed by atoms with Gasteiger partial charge in [-0.1, -0.05) is 25.1 Å². The van der Waals surface area contributed by atoms with E-state index in [-0.39, 0.29) is 34.8 Å². The zero-order chi connectivity index (χ0) is 46.1. The second-order valence-electron chi connectivity index (χ2n) is 18.0. The largest absolute Gasteiger partial charge is 0.439 e. The van der Waals surface area contributed by atoms with Gasteiger partial charge in [0.05, 0.1) is 34.2 Å². The van der Waals surface area contributed by atoms with Gasteiger partial charge in [0.1, 0.15) is 24.5 Å². The molecule has 65 heavy (non-hydrogen) atoms. The molecule has 2 aliphatic rings. The van der Waals surface area contributed by atoms with E-state index in [0.717, 1.165) is 29.0 Å². The van der Waals surface area contributed by atoms with Crippen LogP contribution in [-0.4, -0.2) is 75.5 Å². The van der Waals surface area contributed by atoms with E-state index in [4.69, 9.17) is 14.4 Å². The Morgan fingerprint density at radius 3 is 2.35 bits per heavy atom. The molecule has 2 atom stereocenters. The number of benzene rings is 3. The van der Waals surface area contributed by atoms with Crippen molar-refractivity contribution in [1.82, 2.24) is 38.5 Å². The summed E-state index contributed by atoms with van der Waals surface area (Å²) >= 11 is 0. The third kappa shape index (κ3) is 7.78. The number of amides is 1. The number of carbonyl (C=O) groups is 1. The molecule has 16 heteroatoms. The molecule has 0 radical (unpaired) electrons. The van der Waals surface area contributed by atoms with Crippen LogP contribution in [-0.2, 0) is 15.7 Å². The van der Waals surface area contributed by atoms with Crippen LogP contribution >= 0.6 is 7.14 Å². The van der Waals surface area contributed by atoms with Crippen LogP contribution in [0.25, 0.3) is 39.9 Å². The van der Waals surface area contributed by atoms with E-state index < -0.39 is 18.9 Å². The number of nitrogens with zero attached hydrogens (tertiary/aromatic N) is 7. The third-order valence-electron chi connectivity index (χ3n) is 13.4. The fraction of sp³-hybridized carbons (Fsp3) is 0.367. The topological polar surface area (TPSA) is 155 Å². The van der Waals surface area contributed by atoms with Crippen molar-refractivity contribution in [2.75, 3.05) is 25.5 Å². The number of aromatic amines is 1. The molecular weight excluding hydrogens is 847 g/mol. The van der Waals surface area contributed by atoms with Crippen LogP contribution in [0, 0.1) is 19.7 Å². The van der Waals surface area contributed by atoms with Gasteiger partial charge in [0, 0.05) is 72.3 Å². The summed E-state index contributed by atoms with van der Waals surface area (Å²) in [6, 6.07) is 18.3. The van der Waals surface area contributed by atoms with Crippen molar-refractivity contribution >= 4 is 41.0 Å². The zero-order valence-electron chi connectivity index (χ0n) is 38.0. The number of nitrogens with one attached hydrogen (secondary N) is 1. The first-order valence-electron chi connectivity index (χ1n) is 22.2. The van der Waals surface area contributed by atoms with Crippen molar-refractivity contribution in [2.24, 2.45) is 0 Å². The van der Waals surface area contributed by atoms with Crippen LogP contribution in [0.5, 0.6) is 0 Å². The Morgan fingerprint density at radius 2 is 1.69 bits per heavy atom. The van der Waals surface area contributed by atoms with Crippen LogP contribution in [0.15, 0.2) is 87.2 Å². The van der Waals surface area contributed by atoms with Gasteiger partial charge in [0.2, 0.25) is 0 Å². The smallest absolute Gasteiger partial charge is 0.376 e. The van der Waals surface area contributed by atoms with Crippen LogP contribution in [0.2, 0.25) is 0 Å². The molecule has 1 amide bonds. The van der Waals surface area contributed by atoms with Gasteiger partial charge in [-0.05, 0) is 132 Å². The van der Waals surface area contributed by atoms with Gasteiger partial charge >= 0.3 is 11.4 Å². The first-order valence-corrected chi connectivity index (χ1v) is 24.3. The maximum atomic E-state index is 15.3. The molecule has 1 saturated heterocycles. The summed E-state index contributed by atoms with van der Waals surface area (Å²) in [5.41, 5.74) is 5.74. The molecule has 338 valence electrons. The second kappa shape index (κ2) is 16.6. The summed E-state index contributed by atoms with van der Waals surface area (Å²) in [7, 11) is -2.54. The number of carbonyl (C=O) groups excluding carboxylic acids is 1. The van der Waals surface area contributed by atoms with Crippen molar-refractivity contribution in [3.05, 3.63) is 139 Å². The highest BCUT2D eigenvalue weighted by atomic mass is 31.2. The maximum absolute atomic E-state index is 15.3. The van der Waals surface area contributed by atoms with Gasteiger partial charge in [-0.3, -0.25) is 23.4 Å². The number of allylic oxidation sites excluding steroid dienone is 1. The van der Waals surface area contributed by atoms with Crippen molar-refractivity contribution in [1.29, 1.82) is 0 Å². The Labute approximate surface area is 375 Å². The second-order valence-corrected chi connectivity index (χ2v) is 21.6. The Bertz CT molecular complexity index is 3170. The van der Waals surface area contributed by atoms with E-state index in [9.17, 15) is 14.2 Å². The van der Waals surface area contributed by atoms with E-state index >= 15 is 9.18 Å². The Hall–Kier alpha value is -6.31. The number of rotatable bonds is 10. The minimum atomic E-state index is -2.54. The van der Waals surface area contributed by atoms with Gasteiger partial charge in [-0.2, -0.15) is 5.10 Å². The molecule has 0 spiro atoms. The summed E-state index contributed by atoms with van der Waals surface area (Å²) < 4.78 is 46.0. The summed E-state index contributed by atoms with van der Waals surface area (Å²) in [4.78, 5) is 46.3. The summed E-state index contributed by atoms with van der Waals surface area (Å²) in [6.45, 7) is 16.2. The number of imidazole rings is 1. The van der Waals surface area contributed by atoms with Gasteiger partial charge in [0.15, 0.2) is 5.82 Å². The monoisotopic (exact) mass is 900 g/mol. The van der Waals surface area contributed by atoms with Gasteiger partial charge in [0.25, 0.3) is 5.91 Å². The number of aromatic nitrogens is 7. The van der Waals surface area contributed by atoms with Gasteiger partial charge in [-0.25, -0.2) is 18.7 Å². The molecule has 0 saturated carbocycles. The first-order chi connectivity index (χ1) is 31.0.